The Kier molecular flexibility index (Phi) is 3.94. The monoisotopic (exact) mass is 235 g/mol. The topological polar surface area (TPSA) is 121 Å². The summed E-state index contributed by atoms with van der Waals surface area (Å²) in [5, 5.41) is 24.4. The van der Waals surface area contributed by atoms with Crippen LogP contribution >= 0.6 is 0 Å². The number of aromatic nitrogens is 1. The molecule has 0 fully saturated rings. The molecular weight excluding hydrogens is 226 g/mol. The molecule has 1 aromatic rings. The summed E-state index contributed by atoms with van der Waals surface area (Å²) in [6, 6.07) is 2.94. The molecule has 0 spiro atoms. The third-order valence-electron chi connectivity index (χ3n) is 1.92. The van der Waals surface area contributed by atoms with Gasteiger partial charge in [-0.1, -0.05) is 0 Å². The zero-order valence-corrected chi connectivity index (χ0v) is 8.93. The number of likely N-dealkylation sites (N-methyl/N-ethyl adjacent to an activating group) is 1. The number of amides is 1. The number of nitrogens with zero attached hydrogens (tertiary/aromatic N) is 3. The molecule has 8 heteroatoms. The number of carbonyl (C=O) groups excluding carboxylic acids is 1. The average Bonchev–Trinajstić information content (AvgIpc) is 2.34. The lowest BCUT2D eigenvalue weighted by Gasteiger charge is -2.05. The molecule has 1 aromatic heterocycles. The van der Waals surface area contributed by atoms with E-state index in [4.69, 9.17) is 5.26 Å². The van der Waals surface area contributed by atoms with Gasteiger partial charge in [0.15, 0.2) is 0 Å². The molecule has 0 saturated heterocycles. The van der Waals surface area contributed by atoms with Crippen LogP contribution in [0, 0.1) is 21.4 Å². The molecule has 8 nitrogen and oxygen atoms in total. The van der Waals surface area contributed by atoms with Crippen molar-refractivity contribution in [2.24, 2.45) is 0 Å². The molecule has 0 aliphatic heterocycles. The van der Waals surface area contributed by atoms with E-state index in [0.717, 1.165) is 0 Å². The summed E-state index contributed by atoms with van der Waals surface area (Å²) < 4.78 is 0. The summed E-state index contributed by atoms with van der Waals surface area (Å²) >= 11 is 0. The van der Waals surface area contributed by atoms with Gasteiger partial charge in [-0.2, -0.15) is 5.26 Å². The highest BCUT2D eigenvalue weighted by atomic mass is 16.6. The predicted octanol–water partition coefficient (Wildman–Crippen LogP) is 0.0194. The molecule has 0 radical (unpaired) electrons. The zero-order chi connectivity index (χ0) is 12.8. The molecule has 2 N–H and O–H groups in total. The van der Waals surface area contributed by atoms with Gasteiger partial charge >= 0.3 is 5.69 Å². The minimum Gasteiger partial charge on any atom is -0.358 e. The van der Waals surface area contributed by atoms with E-state index in [2.05, 4.69) is 15.6 Å². The highest BCUT2D eigenvalue weighted by Gasteiger charge is 2.21. The van der Waals surface area contributed by atoms with Crippen molar-refractivity contribution in [3.8, 4) is 6.07 Å². The third-order valence-corrected chi connectivity index (χ3v) is 1.92. The zero-order valence-electron chi connectivity index (χ0n) is 8.93. The SMILES string of the molecule is CNC(=O)CNc1nccc(C#N)c1[N+](=O)[O-]. The lowest BCUT2D eigenvalue weighted by molar-refractivity contribution is -0.384. The van der Waals surface area contributed by atoms with E-state index < -0.39 is 10.6 Å². The summed E-state index contributed by atoms with van der Waals surface area (Å²) in [4.78, 5) is 24.8. The quantitative estimate of drug-likeness (QED) is 0.560. The van der Waals surface area contributed by atoms with Crippen molar-refractivity contribution < 1.29 is 9.72 Å². The maximum atomic E-state index is 11.0. The van der Waals surface area contributed by atoms with Crippen molar-refractivity contribution in [1.82, 2.24) is 10.3 Å². The summed E-state index contributed by atoms with van der Waals surface area (Å²) in [5.74, 6) is -0.443. The van der Waals surface area contributed by atoms with Crippen LogP contribution in [0.15, 0.2) is 12.3 Å². The predicted molar refractivity (Wildman–Crippen MR) is 58.2 cm³/mol. The van der Waals surface area contributed by atoms with Gasteiger partial charge in [-0.25, -0.2) is 4.98 Å². The van der Waals surface area contributed by atoms with E-state index in [9.17, 15) is 14.9 Å². The van der Waals surface area contributed by atoms with Gasteiger partial charge in [-0.15, -0.1) is 0 Å². The second kappa shape index (κ2) is 5.41. The summed E-state index contributed by atoms with van der Waals surface area (Å²) in [7, 11) is 1.44. The van der Waals surface area contributed by atoms with Crippen molar-refractivity contribution in [2.75, 3.05) is 18.9 Å². The third kappa shape index (κ3) is 2.88. The van der Waals surface area contributed by atoms with E-state index in [1.165, 1.54) is 19.3 Å². The molecular formula is C9H9N5O3. The Hall–Kier alpha value is -2.69. The molecule has 1 heterocycles. The Labute approximate surface area is 96.4 Å². The standard InChI is InChI=1S/C9H9N5O3/c1-11-7(15)5-13-9-8(14(16)17)6(4-10)2-3-12-9/h2-3H,5H2,1H3,(H,11,15)(H,12,13). The fraction of sp³-hybridized carbons (Fsp3) is 0.222. The number of pyridine rings is 1. The number of hydrogen-bond donors (Lipinski definition) is 2. The lowest BCUT2D eigenvalue weighted by atomic mass is 10.2. The fourth-order valence-electron chi connectivity index (χ4n) is 1.11. The van der Waals surface area contributed by atoms with E-state index in [-0.39, 0.29) is 23.8 Å². The van der Waals surface area contributed by atoms with E-state index in [1.807, 2.05) is 0 Å². The molecule has 0 aliphatic rings. The Morgan fingerprint density at radius 2 is 2.41 bits per heavy atom. The van der Waals surface area contributed by atoms with Gasteiger partial charge in [0, 0.05) is 13.2 Å². The Morgan fingerprint density at radius 3 is 2.94 bits per heavy atom. The van der Waals surface area contributed by atoms with Crippen molar-refractivity contribution in [1.29, 1.82) is 5.26 Å². The van der Waals surface area contributed by atoms with Gasteiger partial charge < -0.3 is 10.6 Å². The van der Waals surface area contributed by atoms with Crippen LogP contribution in [0.3, 0.4) is 0 Å². The maximum Gasteiger partial charge on any atom is 0.328 e. The van der Waals surface area contributed by atoms with E-state index in [1.54, 1.807) is 6.07 Å². The molecule has 0 saturated carbocycles. The van der Waals surface area contributed by atoms with Crippen LogP contribution in [0.1, 0.15) is 5.56 Å². The average molecular weight is 235 g/mol. The Balaban J connectivity index is 3.03. The van der Waals surface area contributed by atoms with Crippen LogP contribution in [-0.2, 0) is 4.79 Å². The highest BCUT2D eigenvalue weighted by molar-refractivity contribution is 5.81. The first kappa shape index (κ1) is 12.4. The first-order chi connectivity index (χ1) is 8.10. The maximum absolute atomic E-state index is 11.0. The highest BCUT2D eigenvalue weighted by Crippen LogP contribution is 2.25. The second-order valence-corrected chi connectivity index (χ2v) is 2.95. The normalized spacial score (nSPS) is 9.18. The molecule has 1 amide bonds. The van der Waals surface area contributed by atoms with Crippen molar-refractivity contribution in [2.45, 2.75) is 0 Å². The molecule has 88 valence electrons. The van der Waals surface area contributed by atoms with Crippen LogP contribution in [0.2, 0.25) is 0 Å². The lowest BCUT2D eigenvalue weighted by Crippen LogP contribution is -2.26. The Morgan fingerprint density at radius 1 is 1.71 bits per heavy atom. The Bertz CT molecular complexity index is 494. The van der Waals surface area contributed by atoms with E-state index in [0.29, 0.717) is 0 Å². The number of rotatable bonds is 4. The number of carbonyl (C=O) groups is 1. The number of nitriles is 1. The summed E-state index contributed by atoms with van der Waals surface area (Å²) in [5.41, 5.74) is -0.539. The van der Waals surface area contributed by atoms with Crippen LogP contribution in [-0.4, -0.2) is 29.4 Å². The van der Waals surface area contributed by atoms with Crippen LogP contribution in [0.5, 0.6) is 0 Å². The molecule has 0 unspecified atom stereocenters. The van der Waals surface area contributed by atoms with Gasteiger partial charge in [0.2, 0.25) is 11.7 Å². The summed E-state index contributed by atoms with van der Waals surface area (Å²) in [6.45, 7) is -0.154. The molecule has 1 rings (SSSR count). The molecule has 17 heavy (non-hydrogen) atoms. The number of anilines is 1. The van der Waals surface area contributed by atoms with Gasteiger partial charge in [-0.05, 0) is 6.07 Å². The van der Waals surface area contributed by atoms with Gasteiger partial charge in [0.05, 0.1) is 11.5 Å². The number of nitro groups is 1. The van der Waals surface area contributed by atoms with E-state index >= 15 is 0 Å². The molecule has 0 aliphatic carbocycles. The first-order valence-electron chi connectivity index (χ1n) is 4.58. The molecule has 0 aromatic carbocycles. The van der Waals surface area contributed by atoms with Gasteiger partial charge in [0.25, 0.3) is 0 Å². The minimum absolute atomic E-state index is 0.0994. The van der Waals surface area contributed by atoms with Gasteiger partial charge in [0.1, 0.15) is 11.6 Å². The van der Waals surface area contributed by atoms with Crippen molar-refractivity contribution in [3.05, 3.63) is 27.9 Å². The number of hydrogen-bond acceptors (Lipinski definition) is 6. The van der Waals surface area contributed by atoms with Crippen LogP contribution in [0.4, 0.5) is 11.5 Å². The fourth-order valence-corrected chi connectivity index (χ4v) is 1.11. The second-order valence-electron chi connectivity index (χ2n) is 2.95. The largest absolute Gasteiger partial charge is 0.358 e. The van der Waals surface area contributed by atoms with Crippen molar-refractivity contribution in [3.63, 3.8) is 0 Å². The molecule has 0 atom stereocenters. The minimum atomic E-state index is -0.711. The van der Waals surface area contributed by atoms with Crippen LogP contribution < -0.4 is 10.6 Å². The number of nitrogens with one attached hydrogen (secondary N) is 2. The van der Waals surface area contributed by atoms with Crippen LogP contribution in [0.25, 0.3) is 0 Å². The smallest absolute Gasteiger partial charge is 0.328 e. The first-order valence-corrected chi connectivity index (χ1v) is 4.58. The molecule has 0 bridgehead atoms. The van der Waals surface area contributed by atoms with Gasteiger partial charge in [-0.3, -0.25) is 14.9 Å². The summed E-state index contributed by atoms with van der Waals surface area (Å²) in [6.07, 6.45) is 1.26. The van der Waals surface area contributed by atoms with Crippen molar-refractivity contribution >= 4 is 17.4 Å².